The molecule has 0 N–H and O–H groups in total. The van der Waals surface area contributed by atoms with Crippen molar-refractivity contribution in [1.82, 2.24) is 0 Å². The highest BCUT2D eigenvalue weighted by atomic mass is 16.6. The fourth-order valence-electron chi connectivity index (χ4n) is 3.30. The summed E-state index contributed by atoms with van der Waals surface area (Å²) in [5, 5.41) is 22.8. The van der Waals surface area contributed by atoms with Crippen molar-refractivity contribution < 1.29 is 19.0 Å². The number of hydrogen-bond donors (Lipinski definition) is 0. The van der Waals surface area contributed by atoms with Gasteiger partial charge in [0, 0.05) is 23.1 Å². The van der Waals surface area contributed by atoms with Crippen LogP contribution < -0.4 is 10.4 Å². The molecule has 1 aliphatic rings. The minimum absolute atomic E-state index is 0.145. The van der Waals surface area contributed by atoms with E-state index in [1.807, 2.05) is 0 Å². The van der Waals surface area contributed by atoms with Gasteiger partial charge in [0.25, 0.3) is 5.69 Å². The van der Waals surface area contributed by atoms with Gasteiger partial charge in [-0.2, -0.15) is 0 Å². The molecule has 0 bridgehead atoms. The second kappa shape index (κ2) is 6.20. The summed E-state index contributed by atoms with van der Waals surface area (Å²) in [6.45, 7) is 0. The molecule has 1 heterocycles. The summed E-state index contributed by atoms with van der Waals surface area (Å²) in [5.74, 6) is 0.0778. The lowest BCUT2D eigenvalue weighted by Gasteiger charge is -2.08. The van der Waals surface area contributed by atoms with Crippen molar-refractivity contribution in [2.24, 2.45) is 0 Å². The lowest BCUT2D eigenvalue weighted by molar-refractivity contribution is -0.394. The monoisotopic (exact) mass is 368 g/mol. The maximum absolute atomic E-state index is 12.1. The van der Waals surface area contributed by atoms with Gasteiger partial charge in [-0.25, -0.2) is 4.79 Å². The maximum atomic E-state index is 12.1. The number of rotatable bonds is 4. The van der Waals surface area contributed by atoms with Gasteiger partial charge >= 0.3 is 11.3 Å². The van der Waals surface area contributed by atoms with Crippen LogP contribution in [0.25, 0.3) is 11.0 Å². The van der Waals surface area contributed by atoms with Crippen molar-refractivity contribution in [2.45, 2.75) is 19.3 Å². The van der Waals surface area contributed by atoms with Crippen molar-refractivity contribution in [3.63, 3.8) is 0 Å². The van der Waals surface area contributed by atoms with E-state index in [2.05, 4.69) is 0 Å². The predicted octanol–water partition coefficient (Wildman–Crippen LogP) is 3.89. The largest absolute Gasteiger partial charge is 0.450 e. The van der Waals surface area contributed by atoms with E-state index in [4.69, 9.17) is 9.15 Å². The van der Waals surface area contributed by atoms with Crippen LogP contribution in [-0.2, 0) is 12.8 Å². The molecule has 0 amide bonds. The fraction of sp³-hybridized carbons (Fsp3) is 0.167. The number of hydrogen-bond acceptors (Lipinski definition) is 7. The third kappa shape index (κ3) is 2.88. The Morgan fingerprint density at radius 3 is 2.48 bits per heavy atom. The van der Waals surface area contributed by atoms with E-state index in [-0.39, 0.29) is 17.1 Å². The van der Waals surface area contributed by atoms with Crippen molar-refractivity contribution in [2.75, 3.05) is 0 Å². The molecule has 0 unspecified atom stereocenters. The Morgan fingerprint density at radius 2 is 1.74 bits per heavy atom. The van der Waals surface area contributed by atoms with Gasteiger partial charge < -0.3 is 9.15 Å². The minimum Gasteiger partial charge on any atom is -0.450 e. The van der Waals surface area contributed by atoms with Gasteiger partial charge in [0.05, 0.1) is 15.9 Å². The Kier molecular flexibility index (Phi) is 3.84. The Bertz CT molecular complexity index is 1170. The lowest BCUT2D eigenvalue weighted by Crippen LogP contribution is -2.06. The summed E-state index contributed by atoms with van der Waals surface area (Å²) in [4.78, 5) is 32.6. The lowest BCUT2D eigenvalue weighted by atomic mass is 10.1. The first-order valence-corrected chi connectivity index (χ1v) is 8.13. The third-order valence-electron chi connectivity index (χ3n) is 4.52. The zero-order valence-electron chi connectivity index (χ0n) is 13.8. The summed E-state index contributed by atoms with van der Waals surface area (Å²) in [7, 11) is 0. The number of fused-ring (bicyclic) bond motifs is 3. The third-order valence-corrected chi connectivity index (χ3v) is 4.52. The average Bonchev–Trinajstić information content (AvgIpc) is 3.12. The second-order valence-electron chi connectivity index (χ2n) is 6.13. The molecule has 3 aromatic rings. The Morgan fingerprint density at radius 1 is 0.963 bits per heavy atom. The first kappa shape index (κ1) is 16.7. The van der Waals surface area contributed by atoms with Crippen LogP contribution >= 0.6 is 0 Å². The van der Waals surface area contributed by atoms with Gasteiger partial charge in [-0.1, -0.05) is 0 Å². The van der Waals surface area contributed by atoms with Crippen molar-refractivity contribution >= 4 is 22.3 Å². The van der Waals surface area contributed by atoms with E-state index in [0.717, 1.165) is 35.9 Å². The molecule has 9 nitrogen and oxygen atoms in total. The molecule has 1 aliphatic carbocycles. The molecule has 0 saturated carbocycles. The van der Waals surface area contributed by atoms with Crippen LogP contribution in [0.1, 0.15) is 17.5 Å². The SMILES string of the molecule is O=c1oc2cc(Oc3ccc([N+](=O)[O-])cc3[N+](=O)[O-])ccc2c2c1CCC2. The molecule has 1 aromatic heterocycles. The highest BCUT2D eigenvalue weighted by molar-refractivity contribution is 5.83. The van der Waals surface area contributed by atoms with Crippen LogP contribution in [0.2, 0.25) is 0 Å². The number of non-ortho nitro benzene ring substituents is 1. The van der Waals surface area contributed by atoms with Crippen LogP contribution in [0.15, 0.2) is 45.6 Å². The van der Waals surface area contributed by atoms with E-state index in [0.29, 0.717) is 17.6 Å². The van der Waals surface area contributed by atoms with Gasteiger partial charge in [-0.3, -0.25) is 20.2 Å². The zero-order valence-corrected chi connectivity index (χ0v) is 13.8. The standard InChI is InChI=1S/C18H12N2O7/c21-18-14-3-1-2-12(14)13-6-5-11(9-17(13)27-18)26-16-7-4-10(19(22)23)8-15(16)20(24)25/h4-9H,1-3H2. The topological polar surface area (TPSA) is 126 Å². The zero-order chi connectivity index (χ0) is 19.1. The van der Waals surface area contributed by atoms with E-state index in [9.17, 15) is 25.0 Å². The highest BCUT2D eigenvalue weighted by Crippen LogP contribution is 2.36. The van der Waals surface area contributed by atoms with E-state index in [1.165, 1.54) is 12.1 Å². The molecule has 0 saturated heterocycles. The van der Waals surface area contributed by atoms with Gasteiger partial charge in [-0.05, 0) is 43.0 Å². The first-order valence-electron chi connectivity index (χ1n) is 8.13. The summed E-state index contributed by atoms with van der Waals surface area (Å²) in [6, 6.07) is 7.97. The predicted molar refractivity (Wildman–Crippen MR) is 94.3 cm³/mol. The molecule has 27 heavy (non-hydrogen) atoms. The molecular formula is C18H12N2O7. The van der Waals surface area contributed by atoms with Crippen LogP contribution in [-0.4, -0.2) is 9.85 Å². The van der Waals surface area contributed by atoms with Crippen molar-refractivity contribution in [3.8, 4) is 11.5 Å². The highest BCUT2D eigenvalue weighted by Gasteiger charge is 2.22. The first-order chi connectivity index (χ1) is 12.9. The summed E-state index contributed by atoms with van der Waals surface area (Å²) >= 11 is 0. The summed E-state index contributed by atoms with van der Waals surface area (Å²) < 4.78 is 10.9. The van der Waals surface area contributed by atoms with E-state index >= 15 is 0 Å². The number of ether oxygens (including phenoxy) is 1. The normalized spacial score (nSPS) is 12.7. The van der Waals surface area contributed by atoms with Crippen LogP contribution in [0.3, 0.4) is 0 Å². The number of aryl methyl sites for hydroxylation is 1. The van der Waals surface area contributed by atoms with E-state index in [1.54, 1.807) is 12.1 Å². The summed E-state index contributed by atoms with van der Waals surface area (Å²) in [6.07, 6.45) is 2.39. The number of benzene rings is 2. The van der Waals surface area contributed by atoms with Crippen molar-refractivity contribution in [3.05, 3.63) is 78.2 Å². The molecule has 0 spiro atoms. The van der Waals surface area contributed by atoms with Crippen LogP contribution in [0.4, 0.5) is 11.4 Å². The van der Waals surface area contributed by atoms with Crippen LogP contribution in [0.5, 0.6) is 11.5 Å². The van der Waals surface area contributed by atoms with Crippen molar-refractivity contribution in [1.29, 1.82) is 0 Å². The smallest absolute Gasteiger partial charge is 0.339 e. The quantitative estimate of drug-likeness (QED) is 0.388. The van der Waals surface area contributed by atoms with Gasteiger partial charge in [0.2, 0.25) is 5.75 Å². The molecule has 136 valence electrons. The Hall–Kier alpha value is -3.75. The maximum Gasteiger partial charge on any atom is 0.339 e. The number of nitro groups is 2. The van der Waals surface area contributed by atoms with Gasteiger partial charge in [0.1, 0.15) is 11.3 Å². The molecular weight excluding hydrogens is 356 g/mol. The molecule has 2 aromatic carbocycles. The molecule has 0 fully saturated rings. The Balaban J connectivity index is 1.76. The minimum atomic E-state index is -0.754. The van der Waals surface area contributed by atoms with Gasteiger partial charge in [0.15, 0.2) is 0 Å². The van der Waals surface area contributed by atoms with Crippen LogP contribution in [0, 0.1) is 20.2 Å². The Labute approximate surface area is 151 Å². The molecule has 0 radical (unpaired) electrons. The fourth-order valence-corrected chi connectivity index (χ4v) is 3.30. The number of nitro benzene ring substituents is 2. The molecule has 4 rings (SSSR count). The molecule has 0 aliphatic heterocycles. The average molecular weight is 368 g/mol. The second-order valence-corrected chi connectivity index (χ2v) is 6.13. The van der Waals surface area contributed by atoms with Gasteiger partial charge in [-0.15, -0.1) is 0 Å². The summed E-state index contributed by atoms with van der Waals surface area (Å²) in [5.41, 5.74) is 0.682. The molecule has 0 atom stereocenters. The number of nitrogens with zero attached hydrogens (tertiary/aromatic N) is 2. The molecule has 9 heteroatoms. The van der Waals surface area contributed by atoms with E-state index < -0.39 is 21.2 Å².